The van der Waals surface area contributed by atoms with Crippen LogP contribution in [0.1, 0.15) is 6.92 Å². The first kappa shape index (κ1) is 10.2. The molecule has 1 unspecified atom stereocenters. The number of carbonyl (C=O) groups excluding carboxylic acids is 1. The summed E-state index contributed by atoms with van der Waals surface area (Å²) in [4.78, 5) is 23.3. The molecule has 74 valence electrons. The van der Waals surface area contributed by atoms with Gasteiger partial charge in [-0.25, -0.2) is 9.59 Å². The fourth-order valence-electron chi connectivity index (χ4n) is 1.10. The summed E-state index contributed by atoms with van der Waals surface area (Å²) >= 11 is 1.46. The quantitative estimate of drug-likeness (QED) is 0.673. The molecule has 0 aromatic carbocycles. The van der Waals surface area contributed by atoms with Crippen LogP contribution in [0.25, 0.3) is 0 Å². The van der Waals surface area contributed by atoms with Crippen LogP contribution in [0, 0.1) is 0 Å². The van der Waals surface area contributed by atoms with Crippen molar-refractivity contribution < 1.29 is 14.7 Å². The standard InChI is InChI=1S/C7H12N2O3S/c1-2-8-7(12)9-4-13-3-5(9)6(10)11/h5H,2-4H2,1H3,(H,8,12)(H,10,11). The van der Waals surface area contributed by atoms with Crippen molar-refractivity contribution in [2.24, 2.45) is 0 Å². The molecule has 0 spiro atoms. The predicted octanol–water partition coefficient (Wildman–Crippen LogP) is 0.175. The third-order valence-electron chi connectivity index (χ3n) is 1.76. The van der Waals surface area contributed by atoms with E-state index < -0.39 is 12.0 Å². The van der Waals surface area contributed by atoms with Gasteiger partial charge < -0.3 is 15.3 Å². The highest BCUT2D eigenvalue weighted by atomic mass is 32.2. The number of amides is 2. The molecule has 5 nitrogen and oxygen atoms in total. The average molecular weight is 204 g/mol. The molecule has 1 atom stereocenters. The summed E-state index contributed by atoms with van der Waals surface area (Å²) < 4.78 is 0. The Kier molecular flexibility index (Phi) is 3.41. The summed E-state index contributed by atoms with van der Waals surface area (Å²) in [7, 11) is 0. The molecule has 0 bridgehead atoms. The van der Waals surface area contributed by atoms with Gasteiger partial charge in [-0.05, 0) is 6.92 Å². The van der Waals surface area contributed by atoms with Gasteiger partial charge in [0.05, 0.1) is 5.88 Å². The normalized spacial score (nSPS) is 21.6. The van der Waals surface area contributed by atoms with E-state index in [1.807, 2.05) is 0 Å². The minimum Gasteiger partial charge on any atom is -0.480 e. The lowest BCUT2D eigenvalue weighted by Gasteiger charge is -2.20. The first-order chi connectivity index (χ1) is 6.16. The third kappa shape index (κ3) is 2.27. The molecule has 6 heteroatoms. The fraction of sp³-hybridized carbons (Fsp3) is 0.714. The third-order valence-corrected chi connectivity index (χ3v) is 2.77. The smallest absolute Gasteiger partial charge is 0.327 e. The van der Waals surface area contributed by atoms with Crippen molar-refractivity contribution in [1.82, 2.24) is 10.2 Å². The van der Waals surface area contributed by atoms with E-state index in [4.69, 9.17) is 5.11 Å². The lowest BCUT2D eigenvalue weighted by molar-refractivity contribution is -0.140. The van der Waals surface area contributed by atoms with Crippen LogP contribution in [-0.4, -0.2) is 46.2 Å². The molecule has 2 amide bonds. The van der Waals surface area contributed by atoms with Crippen molar-refractivity contribution in [3.8, 4) is 0 Å². The second kappa shape index (κ2) is 4.36. The predicted molar refractivity (Wildman–Crippen MR) is 49.7 cm³/mol. The van der Waals surface area contributed by atoms with Crippen molar-refractivity contribution in [2.75, 3.05) is 18.2 Å². The van der Waals surface area contributed by atoms with E-state index in [1.165, 1.54) is 16.7 Å². The Balaban J connectivity index is 2.57. The summed E-state index contributed by atoms with van der Waals surface area (Å²) in [5, 5.41) is 11.3. The Bertz CT molecular complexity index is 222. The first-order valence-corrected chi connectivity index (χ1v) is 5.17. The number of carboxylic acid groups (broad SMARTS) is 1. The molecule has 0 radical (unpaired) electrons. The zero-order valence-corrected chi connectivity index (χ0v) is 8.13. The van der Waals surface area contributed by atoms with Crippen LogP contribution in [-0.2, 0) is 4.79 Å². The van der Waals surface area contributed by atoms with Crippen LogP contribution in [0.2, 0.25) is 0 Å². The second-order valence-corrected chi connectivity index (χ2v) is 3.66. The highest BCUT2D eigenvalue weighted by Crippen LogP contribution is 2.20. The van der Waals surface area contributed by atoms with E-state index >= 15 is 0 Å². The molecule has 0 aliphatic carbocycles. The van der Waals surface area contributed by atoms with Crippen LogP contribution in [0.4, 0.5) is 4.79 Å². The number of thioether (sulfide) groups is 1. The van der Waals surface area contributed by atoms with Crippen LogP contribution in [0.15, 0.2) is 0 Å². The average Bonchev–Trinajstić information content (AvgIpc) is 2.52. The van der Waals surface area contributed by atoms with Crippen molar-refractivity contribution in [1.29, 1.82) is 0 Å². The Labute approximate surface area is 80.5 Å². The van der Waals surface area contributed by atoms with E-state index in [9.17, 15) is 9.59 Å². The Morgan fingerprint density at radius 2 is 2.38 bits per heavy atom. The van der Waals surface area contributed by atoms with Crippen LogP contribution in [0.5, 0.6) is 0 Å². The fourth-order valence-corrected chi connectivity index (χ4v) is 2.25. The van der Waals surface area contributed by atoms with Gasteiger partial charge in [0.25, 0.3) is 0 Å². The molecule has 0 aromatic rings. The summed E-state index contributed by atoms with van der Waals surface area (Å²) in [5.74, 6) is 0.00572. The van der Waals surface area contributed by atoms with E-state index in [1.54, 1.807) is 6.92 Å². The number of carboxylic acids is 1. The van der Waals surface area contributed by atoms with Gasteiger partial charge in [0.1, 0.15) is 6.04 Å². The Morgan fingerprint density at radius 1 is 1.69 bits per heavy atom. The molecule has 2 N–H and O–H groups in total. The van der Waals surface area contributed by atoms with Gasteiger partial charge >= 0.3 is 12.0 Å². The van der Waals surface area contributed by atoms with Gasteiger partial charge in [0.15, 0.2) is 0 Å². The molecule has 1 saturated heterocycles. The molecular formula is C7H12N2O3S. The maximum Gasteiger partial charge on any atom is 0.327 e. The zero-order valence-electron chi connectivity index (χ0n) is 7.32. The minimum atomic E-state index is -0.934. The Hall–Kier alpha value is -0.910. The van der Waals surface area contributed by atoms with E-state index in [0.29, 0.717) is 18.2 Å². The number of carbonyl (C=O) groups is 2. The summed E-state index contributed by atoms with van der Waals surface area (Å²) in [6.07, 6.45) is 0. The van der Waals surface area contributed by atoms with Gasteiger partial charge in [-0.2, -0.15) is 0 Å². The number of hydrogen-bond donors (Lipinski definition) is 2. The molecule has 1 aliphatic rings. The molecule has 1 fully saturated rings. The van der Waals surface area contributed by atoms with Gasteiger partial charge in [-0.3, -0.25) is 0 Å². The topological polar surface area (TPSA) is 69.6 Å². The lowest BCUT2D eigenvalue weighted by atomic mass is 10.3. The molecule has 1 rings (SSSR count). The number of urea groups is 1. The number of aliphatic carboxylic acids is 1. The van der Waals surface area contributed by atoms with Crippen molar-refractivity contribution in [2.45, 2.75) is 13.0 Å². The highest BCUT2D eigenvalue weighted by Gasteiger charge is 2.34. The van der Waals surface area contributed by atoms with E-state index in [0.717, 1.165) is 0 Å². The zero-order chi connectivity index (χ0) is 9.84. The monoisotopic (exact) mass is 204 g/mol. The first-order valence-electron chi connectivity index (χ1n) is 4.01. The van der Waals surface area contributed by atoms with E-state index in [-0.39, 0.29) is 6.03 Å². The maximum absolute atomic E-state index is 11.3. The number of nitrogens with one attached hydrogen (secondary N) is 1. The summed E-state index contributed by atoms with van der Waals surface area (Å²) in [5.41, 5.74) is 0. The van der Waals surface area contributed by atoms with Gasteiger partial charge in [0.2, 0.25) is 0 Å². The van der Waals surface area contributed by atoms with Gasteiger partial charge in [-0.15, -0.1) is 11.8 Å². The van der Waals surface area contributed by atoms with E-state index in [2.05, 4.69) is 5.32 Å². The molecule has 1 aliphatic heterocycles. The number of hydrogen-bond acceptors (Lipinski definition) is 3. The Morgan fingerprint density at radius 3 is 2.92 bits per heavy atom. The summed E-state index contributed by atoms with van der Waals surface area (Å²) in [6.45, 7) is 2.32. The van der Waals surface area contributed by atoms with Crippen LogP contribution < -0.4 is 5.32 Å². The second-order valence-electron chi connectivity index (χ2n) is 2.66. The van der Waals surface area contributed by atoms with Crippen molar-refractivity contribution >= 4 is 23.8 Å². The van der Waals surface area contributed by atoms with Crippen LogP contribution in [0.3, 0.4) is 0 Å². The highest BCUT2D eigenvalue weighted by molar-refractivity contribution is 7.99. The molecular weight excluding hydrogens is 192 g/mol. The molecule has 1 heterocycles. The number of rotatable bonds is 2. The molecule has 0 saturated carbocycles. The van der Waals surface area contributed by atoms with Gasteiger partial charge in [-0.1, -0.05) is 0 Å². The minimum absolute atomic E-state index is 0.292. The number of nitrogens with zero attached hydrogens (tertiary/aromatic N) is 1. The van der Waals surface area contributed by atoms with Crippen LogP contribution >= 0.6 is 11.8 Å². The van der Waals surface area contributed by atoms with Crippen molar-refractivity contribution in [3.63, 3.8) is 0 Å². The molecule has 0 aromatic heterocycles. The van der Waals surface area contributed by atoms with Gasteiger partial charge in [0, 0.05) is 12.3 Å². The van der Waals surface area contributed by atoms with Crippen molar-refractivity contribution in [3.05, 3.63) is 0 Å². The SMILES string of the molecule is CCNC(=O)N1CSCC1C(=O)O. The summed E-state index contributed by atoms with van der Waals surface area (Å²) in [6, 6.07) is -0.962. The lowest BCUT2D eigenvalue weighted by Crippen LogP contribution is -2.46. The maximum atomic E-state index is 11.3. The molecule has 13 heavy (non-hydrogen) atoms. The largest absolute Gasteiger partial charge is 0.480 e.